The number of nitrogens with zero attached hydrogens (tertiary/aromatic N) is 2. The molecule has 1 aromatic rings. The number of aromatic nitrogens is 2. The number of nitrogens with one attached hydrogen (secondary N) is 1. The van der Waals surface area contributed by atoms with Crippen molar-refractivity contribution >= 4 is 11.7 Å². The maximum absolute atomic E-state index is 11.1. The Bertz CT molecular complexity index is 445. The van der Waals surface area contributed by atoms with E-state index in [1.165, 1.54) is 6.33 Å². The van der Waals surface area contributed by atoms with Crippen molar-refractivity contribution < 1.29 is 9.53 Å². The highest BCUT2D eigenvalue weighted by molar-refractivity contribution is 5.76. The van der Waals surface area contributed by atoms with Gasteiger partial charge in [0.2, 0.25) is 11.8 Å². The van der Waals surface area contributed by atoms with E-state index < -0.39 is 0 Å². The molecule has 0 atom stereocenters. The zero-order chi connectivity index (χ0) is 14.4. The van der Waals surface area contributed by atoms with Crippen LogP contribution in [-0.2, 0) is 4.79 Å². The summed E-state index contributed by atoms with van der Waals surface area (Å²) in [4.78, 5) is 19.4. The quantitative estimate of drug-likeness (QED) is 0.827. The van der Waals surface area contributed by atoms with Gasteiger partial charge in [0.1, 0.15) is 12.1 Å². The van der Waals surface area contributed by atoms with Crippen molar-refractivity contribution in [2.45, 2.75) is 45.1 Å². The van der Waals surface area contributed by atoms with Crippen molar-refractivity contribution in [2.24, 2.45) is 11.7 Å². The fourth-order valence-corrected chi connectivity index (χ4v) is 2.44. The van der Waals surface area contributed by atoms with Crippen LogP contribution in [0.25, 0.3) is 0 Å². The molecule has 1 fully saturated rings. The van der Waals surface area contributed by atoms with E-state index in [1.54, 1.807) is 0 Å². The zero-order valence-corrected chi connectivity index (χ0v) is 11.8. The predicted molar refractivity (Wildman–Crippen MR) is 76.4 cm³/mol. The van der Waals surface area contributed by atoms with Crippen LogP contribution in [0.1, 0.15) is 39.0 Å². The summed E-state index contributed by atoms with van der Waals surface area (Å²) in [6, 6.07) is 2.15. The van der Waals surface area contributed by atoms with E-state index in [0.717, 1.165) is 37.9 Å². The molecule has 6 nitrogen and oxygen atoms in total. The summed E-state index contributed by atoms with van der Waals surface area (Å²) in [6.07, 6.45) is 6.01. The highest BCUT2D eigenvalue weighted by Gasteiger charge is 2.24. The van der Waals surface area contributed by atoms with E-state index in [0.29, 0.717) is 18.5 Å². The molecular weight excluding hydrogens is 256 g/mol. The molecule has 0 aliphatic heterocycles. The van der Waals surface area contributed by atoms with E-state index in [4.69, 9.17) is 10.5 Å². The molecule has 6 heteroatoms. The van der Waals surface area contributed by atoms with Gasteiger partial charge in [0.05, 0.1) is 6.61 Å². The molecule has 3 N–H and O–H groups in total. The molecule has 0 unspecified atom stereocenters. The van der Waals surface area contributed by atoms with Gasteiger partial charge in [-0.3, -0.25) is 4.79 Å². The van der Waals surface area contributed by atoms with Gasteiger partial charge in [-0.1, -0.05) is 6.92 Å². The van der Waals surface area contributed by atoms with Gasteiger partial charge in [0.25, 0.3) is 0 Å². The molecule has 1 aromatic heterocycles. The van der Waals surface area contributed by atoms with Gasteiger partial charge in [-0.2, -0.15) is 0 Å². The minimum Gasteiger partial charge on any atom is -0.478 e. The van der Waals surface area contributed by atoms with Crippen LogP contribution in [0.3, 0.4) is 0 Å². The molecule has 1 aliphatic carbocycles. The maximum Gasteiger partial charge on any atom is 0.220 e. The van der Waals surface area contributed by atoms with Gasteiger partial charge in [-0.15, -0.1) is 0 Å². The van der Waals surface area contributed by atoms with Crippen molar-refractivity contribution in [1.29, 1.82) is 0 Å². The smallest absolute Gasteiger partial charge is 0.220 e. The number of primary amides is 1. The van der Waals surface area contributed by atoms with Crippen molar-refractivity contribution in [3.05, 3.63) is 12.4 Å². The fraction of sp³-hybridized carbons (Fsp3) is 0.643. The Morgan fingerprint density at radius 3 is 2.80 bits per heavy atom. The summed E-state index contributed by atoms with van der Waals surface area (Å²) in [5.41, 5.74) is 5.34. The van der Waals surface area contributed by atoms with Crippen LogP contribution in [0.4, 0.5) is 5.82 Å². The van der Waals surface area contributed by atoms with Gasteiger partial charge in [0, 0.05) is 18.0 Å². The average Bonchev–Trinajstić information content (AvgIpc) is 2.46. The third-order valence-electron chi connectivity index (χ3n) is 3.58. The van der Waals surface area contributed by atoms with Crippen molar-refractivity contribution in [3.63, 3.8) is 0 Å². The highest BCUT2D eigenvalue weighted by Crippen LogP contribution is 2.26. The molecule has 0 saturated heterocycles. The molecular formula is C14H22N4O2. The molecule has 110 valence electrons. The van der Waals surface area contributed by atoms with Crippen LogP contribution < -0.4 is 15.8 Å². The summed E-state index contributed by atoms with van der Waals surface area (Å²) >= 11 is 0. The first-order valence-electron chi connectivity index (χ1n) is 7.19. The third-order valence-corrected chi connectivity index (χ3v) is 3.58. The first-order chi connectivity index (χ1) is 9.69. The fourth-order valence-electron chi connectivity index (χ4n) is 2.44. The number of nitrogens with two attached hydrogens (primary N) is 1. The number of hydrogen-bond acceptors (Lipinski definition) is 5. The molecule has 0 bridgehead atoms. The Balaban J connectivity index is 1.86. The molecule has 0 spiro atoms. The monoisotopic (exact) mass is 278 g/mol. The molecule has 1 heterocycles. The number of amides is 1. The molecule has 0 aromatic carbocycles. The van der Waals surface area contributed by atoms with E-state index in [1.807, 2.05) is 6.07 Å². The number of carbonyl (C=O) groups excluding carboxylic acids is 1. The number of hydrogen-bond donors (Lipinski definition) is 2. The van der Waals surface area contributed by atoms with Crippen molar-refractivity contribution in [2.75, 3.05) is 11.9 Å². The minimum absolute atomic E-state index is 0.0295. The first-order valence-corrected chi connectivity index (χ1v) is 7.19. The summed E-state index contributed by atoms with van der Waals surface area (Å²) in [5, 5.41) is 3.37. The van der Waals surface area contributed by atoms with Gasteiger partial charge in [0.15, 0.2) is 0 Å². The highest BCUT2D eigenvalue weighted by atomic mass is 16.5. The second kappa shape index (κ2) is 7.07. The Morgan fingerprint density at radius 1 is 1.40 bits per heavy atom. The standard InChI is InChI=1S/C14H22N4O2/c1-2-7-20-13-8-12(16-9-17-13)18-11-5-3-10(4-6-11)14(15)19/h8-11H,2-7H2,1H3,(H2,15,19)(H,16,17,18). The zero-order valence-electron chi connectivity index (χ0n) is 11.8. The molecule has 2 rings (SSSR count). The minimum atomic E-state index is -0.180. The first kappa shape index (κ1) is 14.6. The average molecular weight is 278 g/mol. The summed E-state index contributed by atoms with van der Waals surface area (Å²) < 4.78 is 5.48. The van der Waals surface area contributed by atoms with E-state index in [-0.39, 0.29) is 11.8 Å². The lowest BCUT2D eigenvalue weighted by Crippen LogP contribution is -2.32. The SMILES string of the molecule is CCCOc1cc(NC2CCC(C(N)=O)CC2)ncn1. The lowest BCUT2D eigenvalue weighted by molar-refractivity contribution is -0.122. The molecule has 1 amide bonds. The van der Waals surface area contributed by atoms with E-state index >= 15 is 0 Å². The number of carbonyl (C=O) groups is 1. The lowest BCUT2D eigenvalue weighted by atomic mass is 9.85. The Morgan fingerprint density at radius 2 is 2.15 bits per heavy atom. The Kier molecular flexibility index (Phi) is 5.15. The second-order valence-corrected chi connectivity index (χ2v) is 5.19. The molecule has 20 heavy (non-hydrogen) atoms. The van der Waals surface area contributed by atoms with Crippen LogP contribution in [0.5, 0.6) is 5.88 Å². The maximum atomic E-state index is 11.1. The third kappa shape index (κ3) is 4.08. The number of anilines is 1. The van der Waals surface area contributed by atoms with E-state index in [9.17, 15) is 4.79 Å². The largest absolute Gasteiger partial charge is 0.478 e. The van der Waals surface area contributed by atoms with Gasteiger partial charge in [-0.25, -0.2) is 9.97 Å². The molecule has 0 radical (unpaired) electrons. The van der Waals surface area contributed by atoms with Crippen LogP contribution in [0.2, 0.25) is 0 Å². The van der Waals surface area contributed by atoms with Gasteiger partial charge in [-0.05, 0) is 32.1 Å². The van der Waals surface area contributed by atoms with Gasteiger partial charge < -0.3 is 15.8 Å². The van der Waals surface area contributed by atoms with Crippen molar-refractivity contribution in [1.82, 2.24) is 9.97 Å². The topological polar surface area (TPSA) is 90.1 Å². The normalized spacial score (nSPS) is 22.2. The predicted octanol–water partition coefficient (Wildman–Crippen LogP) is 1.72. The Labute approximate surface area is 119 Å². The van der Waals surface area contributed by atoms with Crippen LogP contribution >= 0.6 is 0 Å². The summed E-state index contributed by atoms with van der Waals surface area (Å²) in [5.74, 6) is 1.21. The molecule has 1 aliphatic rings. The van der Waals surface area contributed by atoms with Crippen LogP contribution in [-0.4, -0.2) is 28.5 Å². The molecule has 1 saturated carbocycles. The summed E-state index contributed by atoms with van der Waals surface area (Å²) in [7, 11) is 0. The second-order valence-electron chi connectivity index (χ2n) is 5.19. The van der Waals surface area contributed by atoms with Gasteiger partial charge >= 0.3 is 0 Å². The number of rotatable bonds is 6. The van der Waals surface area contributed by atoms with Crippen molar-refractivity contribution in [3.8, 4) is 5.88 Å². The van der Waals surface area contributed by atoms with E-state index in [2.05, 4.69) is 22.2 Å². The Hall–Kier alpha value is -1.85. The van der Waals surface area contributed by atoms with Crippen LogP contribution in [0, 0.1) is 5.92 Å². The lowest BCUT2D eigenvalue weighted by Gasteiger charge is -2.27. The number of ether oxygens (including phenoxy) is 1. The van der Waals surface area contributed by atoms with Crippen LogP contribution in [0.15, 0.2) is 12.4 Å². The summed E-state index contributed by atoms with van der Waals surface area (Å²) in [6.45, 7) is 2.71.